The van der Waals surface area contributed by atoms with Crippen molar-refractivity contribution in [1.29, 1.82) is 0 Å². The van der Waals surface area contributed by atoms with Crippen LogP contribution in [0.2, 0.25) is 0 Å². The summed E-state index contributed by atoms with van der Waals surface area (Å²) in [5, 5.41) is 2.87. The van der Waals surface area contributed by atoms with Crippen LogP contribution in [0.5, 0.6) is 17.2 Å². The van der Waals surface area contributed by atoms with Gasteiger partial charge in [-0.3, -0.25) is 4.79 Å². The molecule has 2 aromatic rings. The fourth-order valence-electron chi connectivity index (χ4n) is 2.86. The summed E-state index contributed by atoms with van der Waals surface area (Å²) in [7, 11) is 0. The third-order valence-electron chi connectivity index (χ3n) is 4.02. The Kier molecular flexibility index (Phi) is 6.04. The molecule has 1 aliphatic rings. The highest BCUT2D eigenvalue weighted by Gasteiger charge is 2.22. The van der Waals surface area contributed by atoms with Gasteiger partial charge >= 0.3 is 0 Å². The first-order valence-corrected chi connectivity index (χ1v) is 9.44. The largest absolute Gasteiger partial charge is 0.494 e. The minimum absolute atomic E-state index is 0.0428. The van der Waals surface area contributed by atoms with E-state index in [1.54, 1.807) is 0 Å². The Morgan fingerprint density at radius 2 is 2.15 bits per heavy atom. The molecule has 26 heavy (non-hydrogen) atoms. The van der Waals surface area contributed by atoms with Crippen LogP contribution in [0.15, 0.2) is 40.9 Å². The summed E-state index contributed by atoms with van der Waals surface area (Å²) >= 11 is 3.38. The Morgan fingerprint density at radius 3 is 2.92 bits per heavy atom. The normalized spacial score (nSPS) is 15.1. The van der Waals surface area contributed by atoms with Gasteiger partial charge < -0.3 is 19.5 Å². The van der Waals surface area contributed by atoms with E-state index in [1.807, 2.05) is 50.2 Å². The molecule has 1 heterocycles. The number of benzene rings is 2. The van der Waals surface area contributed by atoms with Gasteiger partial charge in [-0.25, -0.2) is 0 Å². The van der Waals surface area contributed by atoms with E-state index in [9.17, 15) is 4.79 Å². The molecule has 0 saturated heterocycles. The number of amides is 1. The maximum atomic E-state index is 12.1. The standard InChI is InChI=1S/C20H22BrNO4/c1-3-24-18-8-14-7-13(2)26-19(14)9-15(18)11-22-20(23)12-25-17-6-4-5-16(21)10-17/h4-6,8-10,13H,3,7,11-12H2,1-2H3,(H,22,23)/t13-/m0/s1. The van der Waals surface area contributed by atoms with E-state index in [0.29, 0.717) is 18.9 Å². The van der Waals surface area contributed by atoms with Crippen molar-refractivity contribution in [1.82, 2.24) is 5.32 Å². The molecule has 1 amide bonds. The minimum Gasteiger partial charge on any atom is -0.494 e. The summed E-state index contributed by atoms with van der Waals surface area (Å²) < 4.78 is 17.9. The third-order valence-corrected chi connectivity index (χ3v) is 4.51. The average molecular weight is 420 g/mol. The lowest BCUT2D eigenvalue weighted by Gasteiger charge is -2.13. The van der Waals surface area contributed by atoms with Gasteiger partial charge in [0.25, 0.3) is 5.91 Å². The van der Waals surface area contributed by atoms with Crippen molar-refractivity contribution in [3.8, 4) is 17.2 Å². The van der Waals surface area contributed by atoms with Crippen LogP contribution < -0.4 is 19.5 Å². The second-order valence-corrected chi connectivity index (χ2v) is 7.07. The van der Waals surface area contributed by atoms with Crippen LogP contribution in [0.4, 0.5) is 0 Å². The van der Waals surface area contributed by atoms with Gasteiger partial charge in [-0.2, -0.15) is 0 Å². The zero-order chi connectivity index (χ0) is 18.5. The summed E-state index contributed by atoms with van der Waals surface area (Å²) in [6.07, 6.45) is 1.05. The SMILES string of the molecule is CCOc1cc2c(cc1CNC(=O)COc1cccc(Br)c1)O[C@@H](C)C2. The van der Waals surface area contributed by atoms with Gasteiger partial charge in [-0.05, 0) is 44.2 Å². The van der Waals surface area contributed by atoms with Crippen LogP contribution in [-0.2, 0) is 17.8 Å². The molecule has 3 rings (SSSR count). The highest BCUT2D eigenvalue weighted by Crippen LogP contribution is 2.35. The summed E-state index contributed by atoms with van der Waals surface area (Å²) in [5.74, 6) is 2.11. The first-order valence-electron chi connectivity index (χ1n) is 8.65. The Balaban J connectivity index is 1.60. The maximum Gasteiger partial charge on any atom is 0.258 e. The number of rotatable bonds is 7. The van der Waals surface area contributed by atoms with Gasteiger partial charge in [-0.15, -0.1) is 0 Å². The molecule has 0 aromatic heterocycles. The van der Waals surface area contributed by atoms with Gasteiger partial charge in [0, 0.05) is 28.6 Å². The highest BCUT2D eigenvalue weighted by atomic mass is 79.9. The molecule has 138 valence electrons. The van der Waals surface area contributed by atoms with Crippen molar-refractivity contribution in [3.63, 3.8) is 0 Å². The fourth-order valence-corrected chi connectivity index (χ4v) is 3.24. The van der Waals surface area contributed by atoms with Crippen molar-refractivity contribution in [3.05, 3.63) is 52.0 Å². The molecule has 0 unspecified atom stereocenters. The Labute approximate surface area is 161 Å². The monoisotopic (exact) mass is 419 g/mol. The molecule has 1 atom stereocenters. The van der Waals surface area contributed by atoms with E-state index >= 15 is 0 Å². The molecule has 1 aliphatic heterocycles. The van der Waals surface area contributed by atoms with Crippen molar-refractivity contribution in [2.24, 2.45) is 0 Å². The molecule has 1 N–H and O–H groups in total. The minimum atomic E-state index is -0.192. The second kappa shape index (κ2) is 8.45. The van der Waals surface area contributed by atoms with E-state index in [1.165, 1.54) is 0 Å². The lowest BCUT2D eigenvalue weighted by atomic mass is 10.1. The Hall–Kier alpha value is -2.21. The third kappa shape index (κ3) is 4.69. The van der Waals surface area contributed by atoms with Gasteiger partial charge in [0.05, 0.1) is 6.61 Å². The van der Waals surface area contributed by atoms with Crippen molar-refractivity contribution < 1.29 is 19.0 Å². The van der Waals surface area contributed by atoms with E-state index in [-0.39, 0.29) is 18.6 Å². The van der Waals surface area contributed by atoms with E-state index in [0.717, 1.165) is 33.5 Å². The second-order valence-electron chi connectivity index (χ2n) is 6.16. The molecule has 2 aromatic carbocycles. The number of carbonyl (C=O) groups excluding carboxylic acids is 1. The van der Waals surface area contributed by atoms with Crippen LogP contribution in [0.3, 0.4) is 0 Å². The zero-order valence-corrected chi connectivity index (χ0v) is 16.5. The van der Waals surface area contributed by atoms with Crippen LogP contribution in [0, 0.1) is 0 Å². The van der Waals surface area contributed by atoms with Gasteiger partial charge in [0.2, 0.25) is 0 Å². The molecule has 5 nitrogen and oxygen atoms in total. The number of hydrogen-bond donors (Lipinski definition) is 1. The van der Waals surface area contributed by atoms with Crippen molar-refractivity contribution in [2.45, 2.75) is 32.9 Å². The maximum absolute atomic E-state index is 12.1. The number of halogens is 1. The van der Waals surface area contributed by atoms with Gasteiger partial charge in [-0.1, -0.05) is 22.0 Å². The first-order chi connectivity index (χ1) is 12.5. The van der Waals surface area contributed by atoms with Crippen LogP contribution in [0.1, 0.15) is 25.0 Å². The molecule has 0 spiro atoms. The molecular weight excluding hydrogens is 398 g/mol. The molecule has 0 fully saturated rings. The van der Waals surface area contributed by atoms with Gasteiger partial charge in [0.1, 0.15) is 23.4 Å². The van der Waals surface area contributed by atoms with Crippen molar-refractivity contribution in [2.75, 3.05) is 13.2 Å². The number of carbonyl (C=O) groups is 1. The molecule has 6 heteroatoms. The van der Waals surface area contributed by atoms with E-state index in [4.69, 9.17) is 14.2 Å². The number of fused-ring (bicyclic) bond motifs is 1. The number of ether oxygens (including phenoxy) is 3. The number of nitrogens with one attached hydrogen (secondary N) is 1. The zero-order valence-electron chi connectivity index (χ0n) is 14.9. The van der Waals surface area contributed by atoms with Gasteiger partial charge in [0.15, 0.2) is 6.61 Å². The highest BCUT2D eigenvalue weighted by molar-refractivity contribution is 9.10. The molecule has 0 aliphatic carbocycles. The molecule has 0 saturated carbocycles. The predicted molar refractivity (Wildman–Crippen MR) is 103 cm³/mol. The fraction of sp³-hybridized carbons (Fsp3) is 0.350. The lowest BCUT2D eigenvalue weighted by Crippen LogP contribution is -2.28. The molecular formula is C20H22BrNO4. The smallest absolute Gasteiger partial charge is 0.258 e. The van der Waals surface area contributed by atoms with Crippen LogP contribution >= 0.6 is 15.9 Å². The molecule has 0 bridgehead atoms. The summed E-state index contributed by atoms with van der Waals surface area (Å²) in [5.41, 5.74) is 2.05. The van der Waals surface area contributed by atoms with Crippen LogP contribution in [0.25, 0.3) is 0 Å². The summed E-state index contributed by atoms with van der Waals surface area (Å²) in [4.78, 5) is 12.1. The lowest BCUT2D eigenvalue weighted by molar-refractivity contribution is -0.123. The number of hydrogen-bond acceptors (Lipinski definition) is 4. The topological polar surface area (TPSA) is 56.8 Å². The van der Waals surface area contributed by atoms with Crippen molar-refractivity contribution >= 4 is 21.8 Å². The predicted octanol–water partition coefficient (Wildman–Crippen LogP) is 3.87. The first kappa shape index (κ1) is 18.6. The van der Waals surface area contributed by atoms with E-state index < -0.39 is 0 Å². The average Bonchev–Trinajstić information content (AvgIpc) is 2.97. The Morgan fingerprint density at radius 1 is 1.31 bits per heavy atom. The molecule has 0 radical (unpaired) electrons. The summed E-state index contributed by atoms with van der Waals surface area (Å²) in [6.45, 7) is 4.88. The Bertz CT molecular complexity index is 793. The van der Waals surface area contributed by atoms with E-state index in [2.05, 4.69) is 21.2 Å². The van der Waals surface area contributed by atoms with Crippen LogP contribution in [-0.4, -0.2) is 25.2 Å². The quantitative estimate of drug-likeness (QED) is 0.739. The summed E-state index contributed by atoms with van der Waals surface area (Å²) in [6, 6.07) is 11.4.